The maximum Gasteiger partial charge on any atom is 0.273 e. The van der Waals surface area contributed by atoms with Crippen LogP contribution in [0.3, 0.4) is 0 Å². The van der Waals surface area contributed by atoms with Gasteiger partial charge in [0, 0.05) is 23.0 Å². The second-order valence-corrected chi connectivity index (χ2v) is 6.51. The molecule has 1 aromatic carbocycles. The molecule has 130 valence electrons. The molecule has 0 spiro atoms. The van der Waals surface area contributed by atoms with Gasteiger partial charge in [-0.3, -0.25) is 4.79 Å². The summed E-state index contributed by atoms with van der Waals surface area (Å²) in [7, 11) is 0. The third kappa shape index (κ3) is 3.09. The summed E-state index contributed by atoms with van der Waals surface area (Å²) < 4.78 is 0. The first-order chi connectivity index (χ1) is 11.9. The zero-order chi connectivity index (χ0) is 18.1. The van der Waals surface area contributed by atoms with Gasteiger partial charge in [-0.1, -0.05) is 26.0 Å². The monoisotopic (exact) mass is 336 g/mol. The Balaban J connectivity index is 1.98. The van der Waals surface area contributed by atoms with Gasteiger partial charge in [0.25, 0.3) is 5.91 Å². The number of benzene rings is 1. The predicted octanol–water partition coefficient (Wildman–Crippen LogP) is 3.45. The van der Waals surface area contributed by atoms with Crippen LogP contribution < -0.4 is 11.2 Å². The SMILES string of the molecule is CCc1c(C)[nH]c(/C=C2/C(=O)NN=C2C(C)c2ccc(N)cc2)c1C. The van der Waals surface area contributed by atoms with Crippen molar-refractivity contribution < 1.29 is 4.79 Å². The van der Waals surface area contributed by atoms with Crippen LogP contribution in [0.15, 0.2) is 34.9 Å². The number of hydrogen-bond acceptors (Lipinski definition) is 3. The van der Waals surface area contributed by atoms with Gasteiger partial charge in [0.1, 0.15) is 0 Å². The fourth-order valence-corrected chi connectivity index (χ4v) is 3.39. The molecule has 25 heavy (non-hydrogen) atoms. The van der Waals surface area contributed by atoms with Crippen LogP contribution in [0, 0.1) is 13.8 Å². The van der Waals surface area contributed by atoms with Crippen molar-refractivity contribution in [3.63, 3.8) is 0 Å². The second-order valence-electron chi connectivity index (χ2n) is 6.51. The highest BCUT2D eigenvalue weighted by Crippen LogP contribution is 2.27. The highest BCUT2D eigenvalue weighted by Gasteiger charge is 2.28. The van der Waals surface area contributed by atoms with Gasteiger partial charge in [-0.25, -0.2) is 5.43 Å². The number of H-pyrrole nitrogens is 1. The van der Waals surface area contributed by atoms with E-state index in [1.165, 1.54) is 11.1 Å². The lowest BCUT2D eigenvalue weighted by atomic mass is 9.91. The Hall–Kier alpha value is -2.82. The Morgan fingerprint density at radius 3 is 2.52 bits per heavy atom. The first kappa shape index (κ1) is 17.0. The van der Waals surface area contributed by atoms with Crippen molar-refractivity contribution in [2.45, 2.75) is 40.0 Å². The molecule has 0 bridgehead atoms. The van der Waals surface area contributed by atoms with Crippen LogP contribution in [0.4, 0.5) is 5.69 Å². The lowest BCUT2D eigenvalue weighted by Gasteiger charge is -2.12. The summed E-state index contributed by atoms with van der Waals surface area (Å²) in [6, 6.07) is 7.68. The molecule has 1 atom stereocenters. The zero-order valence-corrected chi connectivity index (χ0v) is 15.1. The first-order valence-electron chi connectivity index (χ1n) is 8.55. The molecule has 2 heterocycles. The fourth-order valence-electron chi connectivity index (χ4n) is 3.39. The van der Waals surface area contributed by atoms with Crippen molar-refractivity contribution in [3.05, 3.63) is 57.9 Å². The molecule has 1 unspecified atom stereocenters. The number of nitrogens with one attached hydrogen (secondary N) is 2. The van der Waals surface area contributed by atoms with E-state index in [1.54, 1.807) is 0 Å². The maximum atomic E-state index is 12.3. The summed E-state index contributed by atoms with van der Waals surface area (Å²) in [5.41, 5.74) is 16.1. The van der Waals surface area contributed by atoms with Gasteiger partial charge in [-0.05, 0) is 55.2 Å². The number of nitrogens with two attached hydrogens (primary N) is 1. The van der Waals surface area contributed by atoms with Crippen LogP contribution in [0.25, 0.3) is 6.08 Å². The van der Waals surface area contributed by atoms with Crippen LogP contribution in [-0.4, -0.2) is 16.6 Å². The average Bonchev–Trinajstić information content (AvgIpc) is 3.08. The summed E-state index contributed by atoms with van der Waals surface area (Å²) in [6.07, 6.45) is 2.88. The lowest BCUT2D eigenvalue weighted by Crippen LogP contribution is -2.16. The molecule has 0 saturated heterocycles. The standard InChI is InChI=1S/C20H24N4O/c1-5-16-12(3)18(22-13(16)4)10-17-19(23-24-20(17)25)11(2)14-6-8-15(21)9-7-14/h6-11,22H,5,21H2,1-4H3,(H,24,25)/b17-10+. The molecule has 3 rings (SSSR count). The number of nitrogens with zero attached hydrogens (tertiary/aromatic N) is 1. The van der Waals surface area contributed by atoms with E-state index in [1.807, 2.05) is 37.3 Å². The highest BCUT2D eigenvalue weighted by molar-refractivity contribution is 6.29. The van der Waals surface area contributed by atoms with Crippen LogP contribution in [0.1, 0.15) is 47.8 Å². The van der Waals surface area contributed by atoms with Gasteiger partial charge in [0.05, 0.1) is 11.3 Å². The molecule has 0 radical (unpaired) electrons. The van der Waals surface area contributed by atoms with Crippen molar-refractivity contribution in [2.24, 2.45) is 5.10 Å². The molecule has 1 amide bonds. The van der Waals surface area contributed by atoms with Crippen molar-refractivity contribution >= 4 is 23.4 Å². The van der Waals surface area contributed by atoms with E-state index in [9.17, 15) is 4.79 Å². The van der Waals surface area contributed by atoms with Crippen molar-refractivity contribution in [1.29, 1.82) is 0 Å². The fraction of sp³-hybridized carbons (Fsp3) is 0.300. The van der Waals surface area contributed by atoms with E-state index in [0.717, 1.165) is 34.8 Å². The van der Waals surface area contributed by atoms with Gasteiger partial charge in [0.2, 0.25) is 0 Å². The molecule has 5 nitrogen and oxygen atoms in total. The van der Waals surface area contributed by atoms with E-state index in [2.05, 4.69) is 36.3 Å². The Labute approximate surface area is 148 Å². The molecule has 0 aliphatic carbocycles. The molecule has 1 aliphatic rings. The summed E-state index contributed by atoms with van der Waals surface area (Å²) in [6.45, 7) is 8.33. The number of carbonyl (C=O) groups excluding carboxylic acids is 1. The summed E-state index contributed by atoms with van der Waals surface area (Å²) >= 11 is 0. The van der Waals surface area contributed by atoms with Gasteiger partial charge in [-0.2, -0.15) is 5.10 Å². The number of nitrogen functional groups attached to an aromatic ring is 1. The Morgan fingerprint density at radius 1 is 1.24 bits per heavy atom. The van der Waals surface area contributed by atoms with Crippen molar-refractivity contribution in [1.82, 2.24) is 10.4 Å². The van der Waals surface area contributed by atoms with E-state index >= 15 is 0 Å². The van der Waals surface area contributed by atoms with E-state index in [0.29, 0.717) is 5.57 Å². The molecule has 0 fully saturated rings. The minimum Gasteiger partial charge on any atom is -0.399 e. The number of rotatable bonds is 4. The minimum absolute atomic E-state index is 0.00666. The molecule has 0 saturated carbocycles. The van der Waals surface area contributed by atoms with Gasteiger partial charge < -0.3 is 10.7 Å². The molecule has 2 aromatic rings. The lowest BCUT2D eigenvalue weighted by molar-refractivity contribution is -0.116. The number of amides is 1. The van der Waals surface area contributed by atoms with Crippen LogP contribution in [0.2, 0.25) is 0 Å². The Bertz CT molecular complexity index is 872. The summed E-state index contributed by atoms with van der Waals surface area (Å²) in [5, 5.41) is 4.28. The quantitative estimate of drug-likeness (QED) is 0.590. The van der Waals surface area contributed by atoms with Gasteiger partial charge >= 0.3 is 0 Å². The Morgan fingerprint density at radius 2 is 1.92 bits per heavy atom. The number of hydrogen-bond donors (Lipinski definition) is 3. The zero-order valence-electron chi connectivity index (χ0n) is 15.1. The van der Waals surface area contributed by atoms with Crippen LogP contribution in [0.5, 0.6) is 0 Å². The highest BCUT2D eigenvalue weighted by atomic mass is 16.2. The first-order valence-corrected chi connectivity index (χ1v) is 8.55. The van der Waals surface area contributed by atoms with E-state index < -0.39 is 0 Å². The number of anilines is 1. The summed E-state index contributed by atoms with van der Waals surface area (Å²) in [4.78, 5) is 15.7. The predicted molar refractivity (Wildman–Crippen MR) is 102 cm³/mol. The van der Waals surface area contributed by atoms with Crippen molar-refractivity contribution in [3.8, 4) is 0 Å². The molecule has 4 N–H and O–H groups in total. The minimum atomic E-state index is -0.165. The number of aromatic amines is 1. The number of aryl methyl sites for hydroxylation is 1. The Kier molecular flexibility index (Phi) is 4.49. The van der Waals surface area contributed by atoms with Crippen LogP contribution >= 0.6 is 0 Å². The van der Waals surface area contributed by atoms with Crippen molar-refractivity contribution in [2.75, 3.05) is 5.73 Å². The van der Waals surface area contributed by atoms with Gasteiger partial charge in [0.15, 0.2) is 0 Å². The number of carbonyl (C=O) groups is 1. The van der Waals surface area contributed by atoms with E-state index in [4.69, 9.17) is 5.73 Å². The van der Waals surface area contributed by atoms with Crippen LogP contribution in [-0.2, 0) is 11.2 Å². The number of hydrazone groups is 1. The second kappa shape index (κ2) is 6.59. The third-order valence-electron chi connectivity index (χ3n) is 4.92. The molecular weight excluding hydrogens is 312 g/mol. The third-order valence-corrected chi connectivity index (χ3v) is 4.92. The van der Waals surface area contributed by atoms with Gasteiger partial charge in [-0.15, -0.1) is 0 Å². The van der Waals surface area contributed by atoms with E-state index in [-0.39, 0.29) is 11.8 Å². The molecular formula is C20H24N4O. The molecule has 1 aliphatic heterocycles. The smallest absolute Gasteiger partial charge is 0.273 e. The summed E-state index contributed by atoms with van der Waals surface area (Å²) in [5.74, 6) is -0.171. The maximum absolute atomic E-state index is 12.3. The molecule has 5 heteroatoms. The number of aromatic nitrogens is 1. The molecule has 1 aromatic heterocycles. The average molecular weight is 336 g/mol. The normalized spacial score (nSPS) is 16.9. The largest absolute Gasteiger partial charge is 0.399 e. The topological polar surface area (TPSA) is 83.3 Å².